The van der Waals surface area contributed by atoms with Crippen LogP contribution in [0, 0.1) is 0 Å². The number of unbranched alkanes of at least 4 members (excludes halogenated alkanes) is 2. The quantitative estimate of drug-likeness (QED) is 0.830. The Morgan fingerprint density at radius 3 is 2.68 bits per heavy atom. The van der Waals surface area contributed by atoms with E-state index < -0.39 is 0 Å². The fourth-order valence-corrected chi connectivity index (χ4v) is 2.65. The van der Waals surface area contributed by atoms with Crippen LogP contribution in [0.3, 0.4) is 0 Å². The molecular weight excluding hydrogens is 270 g/mol. The smallest absolute Gasteiger partial charge is 0.0453 e. The third-order valence-corrected chi connectivity index (χ3v) is 3.97. The van der Waals surface area contributed by atoms with Crippen LogP contribution < -0.4 is 10.6 Å². The Kier molecular flexibility index (Phi) is 7.78. The molecule has 0 unspecified atom stereocenters. The second-order valence-electron chi connectivity index (χ2n) is 5.75. The fourth-order valence-electron chi connectivity index (χ4n) is 2.65. The van der Waals surface area contributed by atoms with Gasteiger partial charge in [0.1, 0.15) is 0 Å². The molecule has 0 aromatic heterocycles. The highest BCUT2D eigenvalue weighted by Gasteiger charge is 2.07. The summed E-state index contributed by atoms with van der Waals surface area (Å²) in [6.45, 7) is 8.46. The van der Waals surface area contributed by atoms with Crippen LogP contribution >= 0.6 is 0 Å². The lowest BCUT2D eigenvalue weighted by molar-refractivity contribution is 0.236. The summed E-state index contributed by atoms with van der Waals surface area (Å²) in [7, 11) is 0. The Hall–Kier alpha value is -1.58. The Labute approximate surface area is 135 Å². The van der Waals surface area contributed by atoms with Gasteiger partial charge in [0.2, 0.25) is 0 Å². The van der Waals surface area contributed by atoms with Crippen molar-refractivity contribution in [3.63, 3.8) is 0 Å². The zero-order valence-corrected chi connectivity index (χ0v) is 13.7. The molecule has 0 radical (unpaired) electrons. The monoisotopic (exact) mass is 299 g/mol. The van der Waals surface area contributed by atoms with Crippen molar-refractivity contribution in [3.05, 3.63) is 48.2 Å². The second-order valence-corrected chi connectivity index (χ2v) is 5.75. The van der Waals surface area contributed by atoms with Crippen LogP contribution in [0.2, 0.25) is 0 Å². The first kappa shape index (κ1) is 16.8. The van der Waals surface area contributed by atoms with Crippen LogP contribution in [-0.2, 0) is 0 Å². The summed E-state index contributed by atoms with van der Waals surface area (Å²) in [5.74, 6) is 0. The molecule has 2 heterocycles. The Bertz CT molecular complexity index is 473. The maximum Gasteiger partial charge on any atom is 0.0453 e. The van der Waals surface area contributed by atoms with Gasteiger partial charge in [0.25, 0.3) is 0 Å². The topological polar surface area (TPSA) is 27.3 Å². The summed E-state index contributed by atoms with van der Waals surface area (Å²) in [5.41, 5.74) is 2.40. The van der Waals surface area contributed by atoms with E-state index in [1.807, 2.05) is 30.5 Å². The number of para-hydroxylation sites is 1. The second kappa shape index (κ2) is 10.2. The highest BCUT2D eigenvalue weighted by Crippen LogP contribution is 2.18. The third-order valence-electron chi connectivity index (χ3n) is 3.97. The molecule has 2 aliphatic rings. The molecule has 22 heavy (non-hydrogen) atoms. The molecule has 3 heteroatoms. The molecule has 0 amide bonds. The summed E-state index contributed by atoms with van der Waals surface area (Å²) < 4.78 is 0. The van der Waals surface area contributed by atoms with Gasteiger partial charge in [-0.05, 0) is 30.7 Å². The number of hydrogen-bond acceptors (Lipinski definition) is 3. The molecule has 0 bridgehead atoms. The number of nitrogens with one attached hydrogen (secondary N) is 2. The predicted molar refractivity (Wildman–Crippen MR) is 97.1 cm³/mol. The first-order chi connectivity index (χ1) is 10.9. The summed E-state index contributed by atoms with van der Waals surface area (Å²) in [6.07, 6.45) is 12.2. The van der Waals surface area contributed by atoms with E-state index in [0.717, 1.165) is 5.69 Å². The zero-order valence-electron chi connectivity index (χ0n) is 13.7. The van der Waals surface area contributed by atoms with Gasteiger partial charge in [-0.15, -0.1) is 0 Å². The highest BCUT2D eigenvalue weighted by molar-refractivity contribution is 5.69. The molecule has 3 nitrogen and oxygen atoms in total. The molecule has 0 aliphatic carbocycles. The van der Waals surface area contributed by atoms with Gasteiger partial charge in [-0.2, -0.15) is 0 Å². The van der Waals surface area contributed by atoms with E-state index in [0.29, 0.717) is 0 Å². The standard InChI is InChI=1S/C10H9N.C9H20N2/c1-2-7-10-9(5-1)6-3-4-8-11-10;1-2-3-4-7-11-8-5-10-6-9-11/h1-8,11H;10H,2-9H2,1H3. The first-order valence-corrected chi connectivity index (χ1v) is 8.52. The van der Waals surface area contributed by atoms with Gasteiger partial charge in [-0.3, -0.25) is 0 Å². The minimum atomic E-state index is 1.16. The predicted octanol–water partition coefficient (Wildman–Crippen LogP) is 3.72. The highest BCUT2D eigenvalue weighted by atomic mass is 15.2. The van der Waals surface area contributed by atoms with E-state index in [2.05, 4.69) is 40.7 Å². The average molecular weight is 299 g/mol. The van der Waals surface area contributed by atoms with Crippen molar-refractivity contribution in [3.8, 4) is 0 Å². The van der Waals surface area contributed by atoms with Crippen molar-refractivity contribution in [2.24, 2.45) is 0 Å². The third kappa shape index (κ3) is 6.04. The molecule has 1 aromatic rings. The molecule has 120 valence electrons. The minimum Gasteiger partial charge on any atom is -0.361 e. The van der Waals surface area contributed by atoms with E-state index in [-0.39, 0.29) is 0 Å². The number of hydrogen-bond donors (Lipinski definition) is 2. The molecule has 2 aliphatic heterocycles. The number of allylic oxidation sites excluding steroid dienone is 2. The lowest BCUT2D eigenvalue weighted by atomic mass is 10.2. The molecule has 1 fully saturated rings. The van der Waals surface area contributed by atoms with E-state index in [1.165, 1.54) is 57.5 Å². The zero-order chi connectivity index (χ0) is 15.5. The van der Waals surface area contributed by atoms with Crippen LogP contribution in [0.15, 0.2) is 42.6 Å². The number of benzene rings is 1. The Morgan fingerprint density at radius 1 is 1.05 bits per heavy atom. The maximum absolute atomic E-state index is 3.36. The number of rotatable bonds is 4. The van der Waals surface area contributed by atoms with Crippen LogP contribution in [0.5, 0.6) is 0 Å². The van der Waals surface area contributed by atoms with Crippen molar-refractivity contribution in [1.29, 1.82) is 0 Å². The summed E-state index contributed by atoms with van der Waals surface area (Å²) in [5, 5.41) is 6.55. The van der Waals surface area contributed by atoms with E-state index in [9.17, 15) is 0 Å². The van der Waals surface area contributed by atoms with E-state index in [1.54, 1.807) is 0 Å². The molecule has 3 rings (SSSR count). The lowest BCUT2D eigenvalue weighted by Gasteiger charge is -2.26. The lowest BCUT2D eigenvalue weighted by Crippen LogP contribution is -2.43. The van der Waals surface area contributed by atoms with Crippen molar-refractivity contribution in [1.82, 2.24) is 10.2 Å². The van der Waals surface area contributed by atoms with Crippen LogP contribution in [-0.4, -0.2) is 37.6 Å². The van der Waals surface area contributed by atoms with Crippen molar-refractivity contribution in [2.75, 3.05) is 38.0 Å². The number of nitrogens with zero attached hydrogens (tertiary/aromatic N) is 1. The van der Waals surface area contributed by atoms with E-state index >= 15 is 0 Å². The van der Waals surface area contributed by atoms with Crippen LogP contribution in [0.25, 0.3) is 6.08 Å². The first-order valence-electron chi connectivity index (χ1n) is 8.52. The largest absolute Gasteiger partial charge is 0.361 e. The summed E-state index contributed by atoms with van der Waals surface area (Å²) in [6, 6.07) is 8.22. The normalized spacial score (nSPS) is 17.0. The molecule has 0 saturated carbocycles. The maximum atomic E-state index is 3.36. The molecule has 1 aromatic carbocycles. The average Bonchev–Trinajstić information content (AvgIpc) is 2.82. The van der Waals surface area contributed by atoms with Crippen molar-refractivity contribution >= 4 is 11.8 Å². The van der Waals surface area contributed by atoms with Gasteiger partial charge in [-0.25, -0.2) is 0 Å². The Balaban J connectivity index is 0.000000160. The number of anilines is 1. The van der Waals surface area contributed by atoms with Gasteiger partial charge in [0.15, 0.2) is 0 Å². The Morgan fingerprint density at radius 2 is 1.86 bits per heavy atom. The molecule has 0 spiro atoms. The SMILES string of the molecule is C1=CNc2ccccc2C=C1.CCCCCN1CCNCC1. The summed E-state index contributed by atoms with van der Waals surface area (Å²) >= 11 is 0. The molecule has 1 saturated heterocycles. The van der Waals surface area contributed by atoms with Crippen LogP contribution in [0.4, 0.5) is 5.69 Å². The van der Waals surface area contributed by atoms with Gasteiger partial charge in [-0.1, -0.05) is 50.1 Å². The number of piperazine rings is 1. The van der Waals surface area contributed by atoms with Crippen molar-refractivity contribution < 1.29 is 0 Å². The molecular formula is C19H29N3. The molecule has 2 N–H and O–H groups in total. The van der Waals surface area contributed by atoms with Gasteiger partial charge in [0, 0.05) is 38.1 Å². The van der Waals surface area contributed by atoms with Crippen molar-refractivity contribution in [2.45, 2.75) is 26.2 Å². The van der Waals surface area contributed by atoms with Gasteiger partial charge in [0.05, 0.1) is 0 Å². The van der Waals surface area contributed by atoms with Gasteiger partial charge >= 0.3 is 0 Å². The molecule has 0 atom stereocenters. The minimum absolute atomic E-state index is 1.16. The fraction of sp³-hybridized carbons (Fsp3) is 0.474. The van der Waals surface area contributed by atoms with E-state index in [4.69, 9.17) is 0 Å². The van der Waals surface area contributed by atoms with Gasteiger partial charge < -0.3 is 15.5 Å². The summed E-state index contributed by atoms with van der Waals surface area (Å²) in [4.78, 5) is 2.56. The number of fused-ring (bicyclic) bond motifs is 1. The van der Waals surface area contributed by atoms with Crippen LogP contribution in [0.1, 0.15) is 31.7 Å².